The molecule has 4 amide bonds. The third-order valence-electron chi connectivity index (χ3n) is 7.88. The van der Waals surface area contributed by atoms with Crippen LogP contribution in [0.5, 0.6) is 0 Å². The Balaban J connectivity index is 1.17. The second kappa shape index (κ2) is 14.1. The lowest BCUT2D eigenvalue weighted by atomic mass is 9.96. The van der Waals surface area contributed by atoms with Crippen molar-refractivity contribution in [3.05, 3.63) is 96.1 Å². The molecule has 0 bridgehead atoms. The Morgan fingerprint density at radius 3 is 1.91 bits per heavy atom. The molecule has 3 N–H and O–H groups in total. The van der Waals surface area contributed by atoms with Crippen LogP contribution in [0.3, 0.4) is 0 Å². The highest BCUT2D eigenvalue weighted by Crippen LogP contribution is 2.29. The largest absolute Gasteiger partial charge is 0.353 e. The summed E-state index contributed by atoms with van der Waals surface area (Å²) in [5.74, 6) is -1.03. The molecule has 1 atom stereocenters. The molecule has 0 aliphatic carbocycles. The molecular formula is C33H38N6O4. The van der Waals surface area contributed by atoms with Gasteiger partial charge < -0.3 is 20.9 Å². The quantitative estimate of drug-likeness (QED) is 0.358. The topological polar surface area (TPSA) is 114 Å². The number of nitrogens with zero attached hydrogens (tertiary/aromatic N) is 3. The van der Waals surface area contributed by atoms with Crippen molar-refractivity contribution in [2.45, 2.75) is 25.4 Å². The van der Waals surface area contributed by atoms with E-state index >= 15 is 0 Å². The Morgan fingerprint density at radius 2 is 1.35 bits per heavy atom. The van der Waals surface area contributed by atoms with Gasteiger partial charge in [0.25, 0.3) is 0 Å². The van der Waals surface area contributed by atoms with E-state index in [1.807, 2.05) is 12.1 Å². The summed E-state index contributed by atoms with van der Waals surface area (Å²) in [7, 11) is 0. The van der Waals surface area contributed by atoms with Crippen LogP contribution in [0.4, 0.5) is 11.4 Å². The maximum atomic E-state index is 13.5. The fraction of sp³-hybridized carbons (Fsp3) is 0.333. The molecule has 2 saturated heterocycles. The van der Waals surface area contributed by atoms with Crippen molar-refractivity contribution in [3.63, 3.8) is 0 Å². The van der Waals surface area contributed by atoms with Gasteiger partial charge in [0.15, 0.2) is 0 Å². The molecule has 3 aromatic rings. The van der Waals surface area contributed by atoms with Gasteiger partial charge in [0.05, 0.1) is 19.0 Å². The van der Waals surface area contributed by atoms with E-state index in [0.717, 1.165) is 26.2 Å². The van der Waals surface area contributed by atoms with Gasteiger partial charge in [0.1, 0.15) is 6.04 Å². The number of hydrogen-bond donors (Lipinski definition) is 3. The van der Waals surface area contributed by atoms with Crippen LogP contribution < -0.4 is 16.0 Å². The third-order valence-corrected chi connectivity index (χ3v) is 7.88. The lowest BCUT2D eigenvalue weighted by Crippen LogP contribution is -2.60. The molecule has 0 aromatic heterocycles. The van der Waals surface area contributed by atoms with Crippen molar-refractivity contribution in [1.82, 2.24) is 20.0 Å². The monoisotopic (exact) mass is 582 g/mol. The summed E-state index contributed by atoms with van der Waals surface area (Å²) in [6.45, 7) is 5.39. The lowest BCUT2D eigenvalue weighted by Gasteiger charge is -2.41. The molecule has 0 saturated carbocycles. The first-order valence-corrected chi connectivity index (χ1v) is 14.7. The second-order valence-electron chi connectivity index (χ2n) is 10.9. The van der Waals surface area contributed by atoms with Gasteiger partial charge in [0, 0.05) is 57.6 Å². The molecule has 2 heterocycles. The number of carbonyl (C=O) groups excluding carboxylic acids is 4. The van der Waals surface area contributed by atoms with E-state index in [1.54, 1.807) is 29.2 Å². The van der Waals surface area contributed by atoms with Gasteiger partial charge in [-0.3, -0.25) is 29.0 Å². The van der Waals surface area contributed by atoms with Crippen LogP contribution in [-0.4, -0.2) is 90.2 Å². The highest BCUT2D eigenvalue weighted by atomic mass is 16.2. The molecule has 10 heteroatoms. The summed E-state index contributed by atoms with van der Waals surface area (Å²) >= 11 is 0. The fourth-order valence-electron chi connectivity index (χ4n) is 5.79. The number of carbonyl (C=O) groups is 4. The SMILES string of the molecule is CC(=O)Nc1ccc(NC(=O)CC2C(=O)NCCN2C(=O)CN2CCN(C(c3ccccc3)c3ccccc3)CC2)cc1. The zero-order valence-corrected chi connectivity index (χ0v) is 24.4. The van der Waals surface area contributed by atoms with E-state index < -0.39 is 6.04 Å². The maximum Gasteiger partial charge on any atom is 0.243 e. The van der Waals surface area contributed by atoms with Crippen molar-refractivity contribution in [3.8, 4) is 0 Å². The summed E-state index contributed by atoms with van der Waals surface area (Å²) in [5.41, 5.74) is 3.63. The minimum Gasteiger partial charge on any atom is -0.353 e. The molecule has 0 radical (unpaired) electrons. The lowest BCUT2D eigenvalue weighted by molar-refractivity contribution is -0.145. The first-order chi connectivity index (χ1) is 20.9. The Kier molecular flexibility index (Phi) is 9.81. The predicted molar refractivity (Wildman–Crippen MR) is 165 cm³/mol. The molecule has 2 fully saturated rings. The molecule has 1 unspecified atom stereocenters. The molecule has 2 aliphatic rings. The number of nitrogens with one attached hydrogen (secondary N) is 3. The van der Waals surface area contributed by atoms with Gasteiger partial charge in [-0.05, 0) is 35.4 Å². The standard InChI is InChI=1S/C33H38N6O4/c1-24(40)35-27-12-14-28(15-13-27)36-30(41)22-29-33(43)34-16-17-39(29)31(42)23-37-18-20-38(21-19-37)32(25-8-4-2-5-9-25)26-10-6-3-7-11-26/h2-15,29,32H,16-23H2,1H3,(H,34,43)(H,35,40)(H,36,41). The molecule has 10 nitrogen and oxygen atoms in total. The number of hydrogen-bond acceptors (Lipinski definition) is 6. The van der Waals surface area contributed by atoms with Crippen molar-refractivity contribution in [2.24, 2.45) is 0 Å². The van der Waals surface area contributed by atoms with E-state index in [-0.39, 0.29) is 42.6 Å². The minimum atomic E-state index is -0.873. The third kappa shape index (κ3) is 7.85. The zero-order valence-electron chi connectivity index (χ0n) is 24.4. The highest BCUT2D eigenvalue weighted by Gasteiger charge is 2.36. The first kappa shape index (κ1) is 29.9. The first-order valence-electron chi connectivity index (χ1n) is 14.7. The van der Waals surface area contributed by atoms with Crippen LogP contribution in [0.25, 0.3) is 0 Å². The van der Waals surface area contributed by atoms with Gasteiger partial charge in [-0.15, -0.1) is 0 Å². The summed E-state index contributed by atoms with van der Waals surface area (Å²) < 4.78 is 0. The Morgan fingerprint density at radius 1 is 0.791 bits per heavy atom. The van der Waals surface area contributed by atoms with E-state index in [2.05, 4.69) is 74.3 Å². The molecule has 3 aromatic carbocycles. The molecule has 2 aliphatic heterocycles. The average molecular weight is 583 g/mol. The van der Waals surface area contributed by atoms with Gasteiger partial charge in [0.2, 0.25) is 23.6 Å². The van der Waals surface area contributed by atoms with Crippen LogP contribution in [0.2, 0.25) is 0 Å². The van der Waals surface area contributed by atoms with Crippen molar-refractivity contribution in [2.75, 3.05) is 56.4 Å². The van der Waals surface area contributed by atoms with Crippen LogP contribution in [0.15, 0.2) is 84.9 Å². The molecule has 0 spiro atoms. The highest BCUT2D eigenvalue weighted by molar-refractivity contribution is 5.98. The number of benzene rings is 3. The average Bonchev–Trinajstić information content (AvgIpc) is 3.01. The minimum absolute atomic E-state index is 0.135. The van der Waals surface area contributed by atoms with Gasteiger partial charge in [-0.1, -0.05) is 60.7 Å². The predicted octanol–water partition coefficient (Wildman–Crippen LogP) is 2.71. The van der Waals surface area contributed by atoms with Gasteiger partial charge >= 0.3 is 0 Å². The Hall–Kier alpha value is -4.54. The van der Waals surface area contributed by atoms with Crippen molar-refractivity contribution in [1.29, 1.82) is 0 Å². The maximum absolute atomic E-state index is 13.5. The molecule has 43 heavy (non-hydrogen) atoms. The van der Waals surface area contributed by atoms with Crippen LogP contribution in [0, 0.1) is 0 Å². The van der Waals surface area contributed by atoms with Crippen LogP contribution in [-0.2, 0) is 19.2 Å². The summed E-state index contributed by atoms with van der Waals surface area (Å²) in [6.07, 6.45) is -0.144. The zero-order chi connectivity index (χ0) is 30.2. The summed E-state index contributed by atoms with van der Waals surface area (Å²) in [5, 5.41) is 8.26. The second-order valence-corrected chi connectivity index (χ2v) is 10.9. The smallest absolute Gasteiger partial charge is 0.243 e. The van der Waals surface area contributed by atoms with Crippen LogP contribution in [0.1, 0.15) is 30.5 Å². The van der Waals surface area contributed by atoms with E-state index in [0.29, 0.717) is 24.5 Å². The Bertz CT molecular complexity index is 1370. The van der Waals surface area contributed by atoms with Crippen molar-refractivity contribution >= 4 is 35.0 Å². The van der Waals surface area contributed by atoms with E-state index in [1.165, 1.54) is 18.1 Å². The fourth-order valence-corrected chi connectivity index (χ4v) is 5.79. The van der Waals surface area contributed by atoms with E-state index in [9.17, 15) is 19.2 Å². The van der Waals surface area contributed by atoms with Gasteiger partial charge in [-0.2, -0.15) is 0 Å². The normalized spacial score (nSPS) is 17.8. The Labute approximate surface area is 252 Å². The number of piperazine rings is 2. The van der Waals surface area contributed by atoms with Crippen LogP contribution >= 0.6 is 0 Å². The molecular weight excluding hydrogens is 544 g/mol. The van der Waals surface area contributed by atoms with E-state index in [4.69, 9.17) is 0 Å². The number of amides is 4. The van der Waals surface area contributed by atoms with Gasteiger partial charge in [-0.25, -0.2) is 0 Å². The number of rotatable bonds is 9. The molecule has 5 rings (SSSR count). The summed E-state index contributed by atoms with van der Waals surface area (Å²) in [6, 6.07) is 26.9. The molecule has 224 valence electrons. The number of anilines is 2. The van der Waals surface area contributed by atoms with Crippen molar-refractivity contribution < 1.29 is 19.2 Å². The summed E-state index contributed by atoms with van der Waals surface area (Å²) in [4.78, 5) is 56.5.